The second-order valence-corrected chi connectivity index (χ2v) is 3.88. The summed E-state index contributed by atoms with van der Waals surface area (Å²) in [6.07, 6.45) is 0. The Morgan fingerprint density at radius 1 is 1.56 bits per heavy atom. The van der Waals surface area contributed by atoms with Gasteiger partial charge in [-0.3, -0.25) is 0 Å². The van der Waals surface area contributed by atoms with Crippen molar-refractivity contribution < 1.29 is 9.90 Å². The Morgan fingerprint density at radius 3 is 2.78 bits per heavy atom. The number of nitrogens with zero attached hydrogens (tertiary/aromatic N) is 4. The summed E-state index contributed by atoms with van der Waals surface area (Å²) in [5.41, 5.74) is 0.896. The molecule has 1 heterocycles. The Hall–Kier alpha value is -2.39. The van der Waals surface area contributed by atoms with Crippen molar-refractivity contribution in [2.24, 2.45) is 0 Å². The molecule has 0 unspecified atom stereocenters. The van der Waals surface area contributed by atoms with Gasteiger partial charge in [-0.25, -0.2) is 14.5 Å². The van der Waals surface area contributed by atoms with Gasteiger partial charge in [-0.1, -0.05) is 11.6 Å². The van der Waals surface area contributed by atoms with Gasteiger partial charge in [0, 0.05) is 0 Å². The lowest BCUT2D eigenvalue weighted by atomic mass is 10.2. The van der Waals surface area contributed by atoms with Gasteiger partial charge in [0.15, 0.2) is 0 Å². The first kappa shape index (κ1) is 12.1. The van der Waals surface area contributed by atoms with E-state index in [0.717, 1.165) is 0 Å². The van der Waals surface area contributed by atoms with Gasteiger partial charge in [-0.15, -0.1) is 5.10 Å². The van der Waals surface area contributed by atoms with Gasteiger partial charge in [0.2, 0.25) is 0 Å². The van der Waals surface area contributed by atoms with Crippen LogP contribution in [0, 0.1) is 18.3 Å². The monoisotopic (exact) mass is 262 g/mol. The number of nitriles is 1. The second-order valence-electron chi connectivity index (χ2n) is 3.48. The Morgan fingerprint density at radius 2 is 2.28 bits per heavy atom. The van der Waals surface area contributed by atoms with Crippen LogP contribution in [0.1, 0.15) is 22.0 Å². The number of rotatable bonds is 2. The SMILES string of the molecule is Cc1nc(C(=O)O)nn1-c1ccc(C#N)cc1Cl. The van der Waals surface area contributed by atoms with Crippen molar-refractivity contribution in [1.29, 1.82) is 5.26 Å². The average Bonchev–Trinajstić information content (AvgIpc) is 2.71. The first-order chi connectivity index (χ1) is 8.52. The van der Waals surface area contributed by atoms with Crippen molar-refractivity contribution in [3.8, 4) is 11.8 Å². The summed E-state index contributed by atoms with van der Waals surface area (Å²) in [6, 6.07) is 6.61. The number of halogens is 1. The minimum atomic E-state index is -1.21. The lowest BCUT2D eigenvalue weighted by Gasteiger charge is -2.05. The molecule has 2 aromatic rings. The van der Waals surface area contributed by atoms with Crippen molar-refractivity contribution >= 4 is 17.6 Å². The largest absolute Gasteiger partial charge is 0.475 e. The van der Waals surface area contributed by atoms with Gasteiger partial charge in [-0.2, -0.15) is 5.26 Å². The van der Waals surface area contributed by atoms with Gasteiger partial charge in [0.05, 0.1) is 22.3 Å². The topological polar surface area (TPSA) is 91.8 Å². The van der Waals surface area contributed by atoms with Gasteiger partial charge in [-0.05, 0) is 25.1 Å². The Balaban J connectivity index is 2.56. The van der Waals surface area contributed by atoms with Crippen LogP contribution >= 0.6 is 11.6 Å². The third-order valence-electron chi connectivity index (χ3n) is 2.27. The second kappa shape index (κ2) is 4.47. The molecule has 0 amide bonds. The Kier molecular flexibility index (Phi) is 3.00. The quantitative estimate of drug-likeness (QED) is 0.891. The fourth-order valence-corrected chi connectivity index (χ4v) is 1.72. The highest BCUT2D eigenvalue weighted by atomic mass is 35.5. The van der Waals surface area contributed by atoms with E-state index in [4.69, 9.17) is 22.0 Å². The predicted octanol–water partition coefficient (Wildman–Crippen LogP) is 1.80. The zero-order chi connectivity index (χ0) is 13.3. The van der Waals surface area contributed by atoms with E-state index < -0.39 is 5.97 Å². The molecule has 0 spiro atoms. The first-order valence-electron chi connectivity index (χ1n) is 4.90. The summed E-state index contributed by atoms with van der Waals surface area (Å²) in [7, 11) is 0. The molecule has 1 N–H and O–H groups in total. The van der Waals surface area contributed by atoms with E-state index in [0.29, 0.717) is 22.1 Å². The average molecular weight is 263 g/mol. The molecule has 0 saturated carbocycles. The van der Waals surface area contributed by atoms with Crippen LogP contribution in [0.2, 0.25) is 5.02 Å². The smallest absolute Gasteiger partial charge is 0.375 e. The van der Waals surface area contributed by atoms with Crippen LogP contribution in [-0.2, 0) is 0 Å². The van der Waals surface area contributed by atoms with Crippen molar-refractivity contribution in [2.45, 2.75) is 6.92 Å². The van der Waals surface area contributed by atoms with Gasteiger partial charge in [0.1, 0.15) is 5.82 Å². The molecule has 2 rings (SSSR count). The van der Waals surface area contributed by atoms with Crippen LogP contribution in [-0.4, -0.2) is 25.8 Å². The number of carboxylic acids is 1. The summed E-state index contributed by atoms with van der Waals surface area (Å²) < 4.78 is 1.33. The number of aromatic carboxylic acids is 1. The van der Waals surface area contributed by atoms with Crippen molar-refractivity contribution in [3.63, 3.8) is 0 Å². The molecule has 0 saturated heterocycles. The maximum Gasteiger partial charge on any atom is 0.375 e. The minimum Gasteiger partial charge on any atom is -0.475 e. The highest BCUT2D eigenvalue weighted by Gasteiger charge is 2.15. The maximum absolute atomic E-state index is 10.8. The van der Waals surface area contributed by atoms with Gasteiger partial charge >= 0.3 is 5.97 Å². The number of aryl methyl sites for hydroxylation is 1. The molecule has 6 nitrogen and oxygen atoms in total. The Labute approximate surface area is 107 Å². The van der Waals surface area contributed by atoms with Crippen LogP contribution in [0.15, 0.2) is 18.2 Å². The third kappa shape index (κ3) is 2.04. The van der Waals surface area contributed by atoms with Crippen LogP contribution < -0.4 is 0 Å². The van der Waals surface area contributed by atoms with Crippen molar-refractivity contribution in [2.75, 3.05) is 0 Å². The number of aromatic nitrogens is 3. The van der Waals surface area contributed by atoms with Crippen LogP contribution in [0.3, 0.4) is 0 Å². The standard InChI is InChI=1S/C11H7ClN4O2/c1-6-14-10(11(17)18)15-16(6)9-3-2-7(5-13)4-8(9)12/h2-4H,1H3,(H,17,18). The van der Waals surface area contributed by atoms with Crippen LogP contribution in [0.4, 0.5) is 0 Å². The van der Waals surface area contributed by atoms with E-state index in [2.05, 4.69) is 10.1 Å². The molecule has 0 radical (unpaired) electrons. The molecule has 0 fully saturated rings. The van der Waals surface area contributed by atoms with E-state index in [-0.39, 0.29) is 5.82 Å². The maximum atomic E-state index is 10.8. The zero-order valence-electron chi connectivity index (χ0n) is 9.25. The number of benzene rings is 1. The molecule has 1 aromatic carbocycles. The van der Waals surface area contributed by atoms with Crippen LogP contribution in [0.25, 0.3) is 5.69 Å². The number of carbonyl (C=O) groups is 1. The summed E-state index contributed by atoms with van der Waals surface area (Å²) in [5, 5.41) is 21.7. The highest BCUT2D eigenvalue weighted by molar-refractivity contribution is 6.32. The van der Waals surface area contributed by atoms with E-state index in [9.17, 15) is 4.79 Å². The molecule has 90 valence electrons. The number of hydrogen-bond acceptors (Lipinski definition) is 4. The summed E-state index contributed by atoms with van der Waals surface area (Å²) in [5.74, 6) is -1.10. The van der Waals surface area contributed by atoms with Crippen molar-refractivity contribution in [3.05, 3.63) is 40.4 Å². The minimum absolute atomic E-state index is 0.298. The molecule has 18 heavy (non-hydrogen) atoms. The lowest BCUT2D eigenvalue weighted by Crippen LogP contribution is -2.03. The molecule has 0 aliphatic carbocycles. The summed E-state index contributed by atoms with van der Waals surface area (Å²) in [6.45, 7) is 1.62. The normalized spacial score (nSPS) is 10.1. The first-order valence-corrected chi connectivity index (χ1v) is 5.27. The molecule has 0 aliphatic rings. The molecule has 1 aromatic heterocycles. The third-order valence-corrected chi connectivity index (χ3v) is 2.57. The van der Waals surface area contributed by atoms with Crippen LogP contribution in [0.5, 0.6) is 0 Å². The molecule has 0 aliphatic heterocycles. The van der Waals surface area contributed by atoms with E-state index in [1.165, 1.54) is 10.7 Å². The molecular formula is C11H7ClN4O2. The predicted molar refractivity (Wildman–Crippen MR) is 62.8 cm³/mol. The van der Waals surface area contributed by atoms with Crippen molar-refractivity contribution in [1.82, 2.24) is 14.8 Å². The van der Waals surface area contributed by atoms with Gasteiger partial charge in [0.25, 0.3) is 5.82 Å². The molecule has 7 heteroatoms. The van der Waals surface area contributed by atoms with E-state index in [1.54, 1.807) is 19.1 Å². The highest BCUT2D eigenvalue weighted by Crippen LogP contribution is 2.22. The lowest BCUT2D eigenvalue weighted by molar-refractivity contribution is 0.0683. The molecule has 0 atom stereocenters. The Bertz CT molecular complexity index is 672. The summed E-state index contributed by atoms with van der Waals surface area (Å²) in [4.78, 5) is 14.6. The fourth-order valence-electron chi connectivity index (χ4n) is 1.46. The zero-order valence-corrected chi connectivity index (χ0v) is 10.0. The molecule has 0 bridgehead atoms. The fraction of sp³-hybridized carbons (Fsp3) is 0.0909. The molecular weight excluding hydrogens is 256 g/mol. The number of hydrogen-bond donors (Lipinski definition) is 1. The number of carboxylic acid groups (broad SMARTS) is 1. The van der Waals surface area contributed by atoms with E-state index in [1.807, 2.05) is 6.07 Å². The van der Waals surface area contributed by atoms with Gasteiger partial charge < -0.3 is 5.11 Å². The van der Waals surface area contributed by atoms with E-state index >= 15 is 0 Å². The summed E-state index contributed by atoms with van der Waals surface area (Å²) >= 11 is 6.02.